The fourth-order valence-electron chi connectivity index (χ4n) is 3.03. The zero-order chi connectivity index (χ0) is 25.7. The lowest BCUT2D eigenvalue weighted by Crippen LogP contribution is -2.24. The standard InChI is InChI=1S/C24H17Br3N2O7/c1-32-16-3-5-19(17(26)9-16)33-11-22(30)29-28-10-14-6-15(25)8-18(27)23(14)36-24(31)13-2-4-20-21(7-13)35-12-34-20/h2-10H,11-12H2,1H3,(H,29,30)/b28-10+. The summed E-state index contributed by atoms with van der Waals surface area (Å²) in [4.78, 5) is 25.0. The number of amides is 1. The Morgan fingerprint density at radius 1 is 1.03 bits per heavy atom. The van der Waals surface area contributed by atoms with E-state index < -0.39 is 11.9 Å². The van der Waals surface area contributed by atoms with Crippen LogP contribution < -0.4 is 29.1 Å². The normalized spacial score (nSPS) is 11.9. The average Bonchev–Trinajstić information content (AvgIpc) is 3.33. The van der Waals surface area contributed by atoms with Gasteiger partial charge in [0.2, 0.25) is 6.79 Å². The van der Waals surface area contributed by atoms with Gasteiger partial charge in [-0.25, -0.2) is 10.2 Å². The van der Waals surface area contributed by atoms with E-state index in [0.29, 0.717) is 42.0 Å². The van der Waals surface area contributed by atoms with Crippen molar-refractivity contribution < 1.29 is 33.3 Å². The van der Waals surface area contributed by atoms with Crippen LogP contribution in [-0.2, 0) is 4.79 Å². The molecule has 0 saturated carbocycles. The van der Waals surface area contributed by atoms with Crippen molar-refractivity contribution >= 4 is 65.9 Å². The van der Waals surface area contributed by atoms with E-state index in [4.69, 9.17) is 23.7 Å². The highest BCUT2D eigenvalue weighted by Gasteiger charge is 2.20. The van der Waals surface area contributed by atoms with Gasteiger partial charge in [-0.2, -0.15) is 5.10 Å². The van der Waals surface area contributed by atoms with Gasteiger partial charge < -0.3 is 23.7 Å². The smallest absolute Gasteiger partial charge is 0.343 e. The van der Waals surface area contributed by atoms with Gasteiger partial charge in [0.15, 0.2) is 23.9 Å². The van der Waals surface area contributed by atoms with Gasteiger partial charge in [-0.1, -0.05) is 15.9 Å². The number of benzene rings is 3. The Bertz CT molecular complexity index is 1350. The third-order valence-corrected chi connectivity index (χ3v) is 6.40. The number of nitrogens with one attached hydrogen (secondary N) is 1. The minimum atomic E-state index is -0.603. The topological polar surface area (TPSA) is 105 Å². The van der Waals surface area contributed by atoms with Gasteiger partial charge >= 0.3 is 5.97 Å². The van der Waals surface area contributed by atoms with E-state index >= 15 is 0 Å². The van der Waals surface area contributed by atoms with E-state index in [1.165, 1.54) is 6.21 Å². The van der Waals surface area contributed by atoms with Crippen LogP contribution in [0.5, 0.6) is 28.7 Å². The molecule has 0 fully saturated rings. The lowest BCUT2D eigenvalue weighted by molar-refractivity contribution is -0.123. The van der Waals surface area contributed by atoms with Gasteiger partial charge in [0.25, 0.3) is 5.91 Å². The van der Waals surface area contributed by atoms with Crippen molar-refractivity contribution in [2.45, 2.75) is 0 Å². The summed E-state index contributed by atoms with van der Waals surface area (Å²) in [5, 5.41) is 3.97. The van der Waals surface area contributed by atoms with Gasteiger partial charge in [-0.05, 0) is 80.4 Å². The highest BCUT2D eigenvalue weighted by molar-refractivity contribution is 9.11. The van der Waals surface area contributed by atoms with Crippen LogP contribution in [-0.4, -0.2) is 38.6 Å². The van der Waals surface area contributed by atoms with Crippen molar-refractivity contribution in [3.63, 3.8) is 0 Å². The fraction of sp³-hybridized carbons (Fsp3) is 0.125. The van der Waals surface area contributed by atoms with Gasteiger partial charge in [0.1, 0.15) is 11.5 Å². The van der Waals surface area contributed by atoms with Crippen molar-refractivity contribution in [1.29, 1.82) is 0 Å². The molecule has 1 amide bonds. The Morgan fingerprint density at radius 3 is 2.61 bits per heavy atom. The molecule has 0 aromatic heterocycles. The molecule has 1 aliphatic heterocycles. The molecule has 36 heavy (non-hydrogen) atoms. The van der Waals surface area contributed by atoms with E-state index in [9.17, 15) is 9.59 Å². The number of carbonyl (C=O) groups excluding carboxylic acids is 2. The second-order valence-corrected chi connectivity index (χ2v) is 9.77. The molecule has 12 heteroatoms. The first-order valence-corrected chi connectivity index (χ1v) is 12.6. The fourth-order valence-corrected chi connectivity index (χ4v) is 4.85. The third kappa shape index (κ3) is 6.37. The van der Waals surface area contributed by atoms with E-state index in [1.807, 2.05) is 0 Å². The van der Waals surface area contributed by atoms with Crippen molar-refractivity contribution in [2.75, 3.05) is 20.5 Å². The SMILES string of the molecule is COc1ccc(OCC(=O)N/N=C/c2cc(Br)cc(Br)c2OC(=O)c2ccc3c(c2)OCO3)c(Br)c1. The van der Waals surface area contributed by atoms with Crippen molar-refractivity contribution in [1.82, 2.24) is 5.43 Å². The lowest BCUT2D eigenvalue weighted by Gasteiger charge is -2.11. The summed E-state index contributed by atoms with van der Waals surface area (Å²) in [6.45, 7) is -0.169. The molecule has 3 aromatic carbocycles. The summed E-state index contributed by atoms with van der Waals surface area (Å²) in [5.41, 5.74) is 3.11. The summed E-state index contributed by atoms with van der Waals surface area (Å²) >= 11 is 10.2. The number of carbonyl (C=O) groups is 2. The molecule has 0 atom stereocenters. The van der Waals surface area contributed by atoms with Crippen LogP contribution in [0.15, 0.2) is 67.1 Å². The van der Waals surface area contributed by atoms with Crippen LogP contribution in [0, 0.1) is 0 Å². The minimum Gasteiger partial charge on any atom is -0.497 e. The van der Waals surface area contributed by atoms with E-state index in [2.05, 4.69) is 58.3 Å². The molecule has 1 aliphatic rings. The monoisotopic (exact) mass is 682 g/mol. The molecule has 0 aliphatic carbocycles. The maximum absolute atomic E-state index is 12.8. The first-order chi connectivity index (χ1) is 17.3. The number of halogens is 3. The average molecular weight is 685 g/mol. The van der Waals surface area contributed by atoms with Gasteiger partial charge in [-0.3, -0.25) is 4.79 Å². The van der Waals surface area contributed by atoms with Crippen molar-refractivity contribution in [3.8, 4) is 28.7 Å². The maximum Gasteiger partial charge on any atom is 0.343 e. The highest BCUT2D eigenvalue weighted by atomic mass is 79.9. The molecule has 0 saturated heterocycles. The first-order valence-electron chi connectivity index (χ1n) is 10.2. The number of methoxy groups -OCH3 is 1. The lowest BCUT2D eigenvalue weighted by atomic mass is 10.2. The van der Waals surface area contributed by atoms with Crippen LogP contribution >= 0.6 is 47.8 Å². The van der Waals surface area contributed by atoms with Crippen molar-refractivity contribution in [2.24, 2.45) is 5.10 Å². The predicted octanol–water partition coefficient (Wildman–Crippen LogP) is 5.46. The summed E-state index contributed by atoms with van der Waals surface area (Å²) in [5.74, 6) is 1.28. The first kappa shape index (κ1) is 26.0. The van der Waals surface area contributed by atoms with Crippen LogP contribution in [0.2, 0.25) is 0 Å². The second kappa shape index (κ2) is 11.8. The van der Waals surface area contributed by atoms with Gasteiger partial charge in [0.05, 0.1) is 27.8 Å². The Hall–Kier alpha value is -3.09. The molecule has 4 rings (SSSR count). The summed E-state index contributed by atoms with van der Waals surface area (Å²) in [6.07, 6.45) is 1.36. The minimum absolute atomic E-state index is 0.0981. The van der Waals surface area contributed by atoms with Gasteiger partial charge in [-0.15, -0.1) is 0 Å². The Balaban J connectivity index is 1.41. The third-order valence-electron chi connectivity index (χ3n) is 4.73. The molecule has 1 N–H and O–H groups in total. The number of hydrazone groups is 1. The second-order valence-electron chi connectivity index (χ2n) is 7.14. The molecule has 3 aromatic rings. The van der Waals surface area contributed by atoms with Gasteiger partial charge in [0, 0.05) is 10.0 Å². The Labute approximate surface area is 231 Å². The maximum atomic E-state index is 12.8. The summed E-state index contributed by atoms with van der Waals surface area (Å²) < 4.78 is 28.7. The number of esters is 1. The number of hydrogen-bond donors (Lipinski definition) is 1. The highest BCUT2D eigenvalue weighted by Crippen LogP contribution is 2.35. The molecular weight excluding hydrogens is 668 g/mol. The molecule has 0 bridgehead atoms. The van der Waals surface area contributed by atoms with E-state index in [0.717, 1.165) is 0 Å². The number of nitrogens with zero attached hydrogens (tertiary/aromatic N) is 1. The zero-order valence-electron chi connectivity index (χ0n) is 18.5. The number of fused-ring (bicyclic) bond motifs is 1. The molecule has 186 valence electrons. The number of hydrogen-bond acceptors (Lipinski definition) is 8. The molecule has 0 unspecified atom stereocenters. The van der Waals surface area contributed by atoms with Crippen LogP contribution in [0.3, 0.4) is 0 Å². The largest absolute Gasteiger partial charge is 0.497 e. The molecule has 1 heterocycles. The molecule has 9 nitrogen and oxygen atoms in total. The predicted molar refractivity (Wildman–Crippen MR) is 141 cm³/mol. The number of ether oxygens (including phenoxy) is 5. The molecule has 0 spiro atoms. The quantitative estimate of drug-likeness (QED) is 0.146. The molecule has 0 radical (unpaired) electrons. The van der Waals surface area contributed by atoms with E-state index in [1.54, 1.807) is 55.6 Å². The summed E-state index contributed by atoms with van der Waals surface area (Å²) in [6, 6.07) is 13.3. The van der Waals surface area contributed by atoms with Crippen LogP contribution in [0.4, 0.5) is 0 Å². The zero-order valence-corrected chi connectivity index (χ0v) is 23.3. The summed E-state index contributed by atoms with van der Waals surface area (Å²) in [7, 11) is 1.56. The van der Waals surface area contributed by atoms with Crippen LogP contribution in [0.1, 0.15) is 15.9 Å². The van der Waals surface area contributed by atoms with Crippen LogP contribution in [0.25, 0.3) is 0 Å². The molecular formula is C24H17Br3N2O7. The van der Waals surface area contributed by atoms with Crippen molar-refractivity contribution in [3.05, 3.63) is 73.1 Å². The van der Waals surface area contributed by atoms with E-state index in [-0.39, 0.29) is 24.7 Å². The number of rotatable bonds is 8. The Morgan fingerprint density at radius 2 is 1.83 bits per heavy atom. The Kier molecular flexibility index (Phi) is 8.49.